The number of hydrogen-bond donors (Lipinski definition) is 1. The zero-order chi connectivity index (χ0) is 23.5. The highest BCUT2D eigenvalue weighted by molar-refractivity contribution is 6.36. The first-order valence-corrected chi connectivity index (χ1v) is 10.7. The summed E-state index contributed by atoms with van der Waals surface area (Å²) in [5, 5.41) is 3.51. The smallest absolute Gasteiger partial charge is 0.278 e. The molecule has 4 rings (SSSR count). The molecule has 0 aliphatic carbocycles. The van der Waals surface area contributed by atoms with Crippen molar-refractivity contribution in [2.24, 2.45) is 0 Å². The Kier molecular flexibility index (Phi) is 6.38. The van der Waals surface area contributed by atoms with Crippen LogP contribution in [-0.4, -0.2) is 30.9 Å². The number of halogens is 1. The van der Waals surface area contributed by atoms with Crippen LogP contribution in [0.4, 0.5) is 5.69 Å². The quantitative estimate of drug-likeness (QED) is 0.497. The lowest BCUT2D eigenvalue weighted by molar-refractivity contribution is -0.137. The van der Waals surface area contributed by atoms with E-state index in [1.54, 1.807) is 31.4 Å². The fourth-order valence-electron chi connectivity index (χ4n) is 3.72. The molecule has 7 heteroatoms. The first-order valence-electron chi connectivity index (χ1n) is 10.3. The SMILES string of the molecule is COc1ccc(NC2=C(c3ccc(C)cc3)C(=O)N(Cc3ccccc3OC)C2=O)cc1Cl. The molecule has 0 unspecified atom stereocenters. The van der Waals surface area contributed by atoms with Crippen molar-refractivity contribution in [2.75, 3.05) is 19.5 Å². The van der Waals surface area contributed by atoms with Crippen LogP contribution in [0, 0.1) is 6.92 Å². The number of ether oxygens (including phenoxy) is 2. The highest BCUT2D eigenvalue weighted by Crippen LogP contribution is 2.34. The van der Waals surface area contributed by atoms with E-state index in [9.17, 15) is 9.59 Å². The Labute approximate surface area is 197 Å². The summed E-state index contributed by atoms with van der Waals surface area (Å²) in [5.74, 6) is 0.324. The van der Waals surface area contributed by atoms with Crippen LogP contribution in [0.15, 0.2) is 72.4 Å². The molecule has 0 radical (unpaired) electrons. The number of nitrogens with zero attached hydrogens (tertiary/aromatic N) is 1. The van der Waals surface area contributed by atoms with Gasteiger partial charge in [-0.3, -0.25) is 14.5 Å². The average molecular weight is 463 g/mol. The molecule has 3 aromatic carbocycles. The van der Waals surface area contributed by atoms with Crippen molar-refractivity contribution < 1.29 is 19.1 Å². The number of carbonyl (C=O) groups excluding carboxylic acids is 2. The van der Waals surface area contributed by atoms with Crippen molar-refractivity contribution in [2.45, 2.75) is 13.5 Å². The summed E-state index contributed by atoms with van der Waals surface area (Å²) in [7, 11) is 3.09. The lowest BCUT2D eigenvalue weighted by Gasteiger charge is -2.17. The van der Waals surface area contributed by atoms with E-state index in [1.807, 2.05) is 49.4 Å². The number of benzene rings is 3. The van der Waals surface area contributed by atoms with E-state index >= 15 is 0 Å². The van der Waals surface area contributed by atoms with Crippen LogP contribution in [0.5, 0.6) is 11.5 Å². The summed E-state index contributed by atoms with van der Waals surface area (Å²) in [6, 6.07) is 19.9. The average Bonchev–Trinajstić information content (AvgIpc) is 3.04. The third-order valence-corrected chi connectivity index (χ3v) is 5.75. The van der Waals surface area contributed by atoms with E-state index in [1.165, 1.54) is 12.0 Å². The predicted octanol–water partition coefficient (Wildman–Crippen LogP) is 5.06. The number of hydrogen-bond acceptors (Lipinski definition) is 5. The van der Waals surface area contributed by atoms with Gasteiger partial charge in [0, 0.05) is 11.3 Å². The number of rotatable bonds is 7. The van der Waals surface area contributed by atoms with E-state index in [-0.39, 0.29) is 18.1 Å². The molecule has 1 aliphatic rings. The molecular formula is C26H23ClN2O4. The number of amides is 2. The fraction of sp³-hybridized carbons (Fsp3) is 0.154. The van der Waals surface area contributed by atoms with Crippen LogP contribution in [-0.2, 0) is 16.1 Å². The van der Waals surface area contributed by atoms with Gasteiger partial charge in [-0.1, -0.05) is 59.6 Å². The van der Waals surface area contributed by atoms with Gasteiger partial charge in [0.1, 0.15) is 17.2 Å². The second-order valence-electron chi connectivity index (χ2n) is 7.60. The number of nitrogens with one attached hydrogen (secondary N) is 1. The molecule has 2 amide bonds. The highest BCUT2D eigenvalue weighted by Gasteiger charge is 2.39. The van der Waals surface area contributed by atoms with E-state index in [4.69, 9.17) is 21.1 Å². The Bertz CT molecular complexity index is 1250. The first kappa shape index (κ1) is 22.4. The molecule has 0 spiro atoms. The molecule has 0 aromatic heterocycles. The lowest BCUT2D eigenvalue weighted by Crippen LogP contribution is -2.32. The Morgan fingerprint density at radius 2 is 1.58 bits per heavy atom. The second-order valence-corrected chi connectivity index (χ2v) is 8.01. The third kappa shape index (κ3) is 4.43. The maximum atomic E-state index is 13.5. The van der Waals surface area contributed by atoms with Crippen LogP contribution in [0.3, 0.4) is 0 Å². The lowest BCUT2D eigenvalue weighted by atomic mass is 10.0. The largest absolute Gasteiger partial charge is 0.496 e. The predicted molar refractivity (Wildman–Crippen MR) is 128 cm³/mol. The molecule has 6 nitrogen and oxygen atoms in total. The van der Waals surface area contributed by atoms with Crippen molar-refractivity contribution >= 4 is 34.7 Å². The minimum absolute atomic E-state index is 0.0889. The van der Waals surface area contributed by atoms with Crippen LogP contribution in [0.1, 0.15) is 16.7 Å². The van der Waals surface area contributed by atoms with Crippen molar-refractivity contribution in [3.05, 3.63) is 94.1 Å². The number of aryl methyl sites for hydroxylation is 1. The van der Waals surface area contributed by atoms with Crippen molar-refractivity contribution in [3.8, 4) is 11.5 Å². The first-order chi connectivity index (χ1) is 15.9. The Balaban J connectivity index is 1.74. The van der Waals surface area contributed by atoms with Gasteiger partial charge in [0.05, 0.1) is 31.4 Å². The number of anilines is 1. The maximum Gasteiger partial charge on any atom is 0.278 e. The maximum absolute atomic E-state index is 13.5. The van der Waals surface area contributed by atoms with E-state index in [2.05, 4.69) is 5.32 Å². The summed E-state index contributed by atoms with van der Waals surface area (Å²) in [4.78, 5) is 28.2. The van der Waals surface area contributed by atoms with Crippen LogP contribution in [0.2, 0.25) is 5.02 Å². The van der Waals surface area contributed by atoms with Crippen LogP contribution >= 0.6 is 11.6 Å². The summed E-state index contributed by atoms with van der Waals surface area (Å²) < 4.78 is 10.6. The fourth-order valence-corrected chi connectivity index (χ4v) is 3.97. The Hall–Kier alpha value is -3.77. The second kappa shape index (κ2) is 9.38. The van der Waals surface area contributed by atoms with Crippen molar-refractivity contribution in [1.29, 1.82) is 0 Å². The van der Waals surface area contributed by atoms with Gasteiger partial charge in [-0.15, -0.1) is 0 Å². The minimum Gasteiger partial charge on any atom is -0.496 e. The topological polar surface area (TPSA) is 67.9 Å². The molecular weight excluding hydrogens is 440 g/mol. The summed E-state index contributed by atoms with van der Waals surface area (Å²) in [6.07, 6.45) is 0. The van der Waals surface area contributed by atoms with Gasteiger partial charge in [0.25, 0.3) is 11.8 Å². The minimum atomic E-state index is -0.423. The molecule has 0 fully saturated rings. The zero-order valence-electron chi connectivity index (χ0n) is 18.5. The number of methoxy groups -OCH3 is 2. The van der Waals surface area contributed by atoms with Gasteiger partial charge in [-0.25, -0.2) is 0 Å². The molecule has 33 heavy (non-hydrogen) atoms. The van der Waals surface area contributed by atoms with Gasteiger partial charge in [0.2, 0.25) is 0 Å². The summed E-state index contributed by atoms with van der Waals surface area (Å²) in [5.41, 5.74) is 3.52. The molecule has 0 atom stereocenters. The van der Waals surface area contributed by atoms with Gasteiger partial charge < -0.3 is 14.8 Å². The molecule has 0 saturated carbocycles. The van der Waals surface area contributed by atoms with E-state index in [0.717, 1.165) is 11.1 Å². The van der Waals surface area contributed by atoms with Gasteiger partial charge >= 0.3 is 0 Å². The van der Waals surface area contributed by atoms with Gasteiger partial charge in [-0.05, 0) is 36.8 Å². The van der Waals surface area contributed by atoms with E-state index in [0.29, 0.717) is 33.3 Å². The van der Waals surface area contributed by atoms with Gasteiger partial charge in [-0.2, -0.15) is 0 Å². The van der Waals surface area contributed by atoms with Crippen molar-refractivity contribution in [3.63, 3.8) is 0 Å². The number of carbonyl (C=O) groups is 2. The third-order valence-electron chi connectivity index (χ3n) is 5.45. The Morgan fingerprint density at radius 1 is 0.879 bits per heavy atom. The summed E-state index contributed by atoms with van der Waals surface area (Å²) in [6.45, 7) is 2.05. The number of imide groups is 1. The normalized spacial score (nSPS) is 13.5. The molecule has 0 saturated heterocycles. The van der Waals surface area contributed by atoms with Gasteiger partial charge in [0.15, 0.2) is 0 Å². The standard InChI is InChI=1S/C26H23ClN2O4/c1-16-8-10-17(11-9-16)23-24(28-19-12-13-22(33-3)20(27)14-19)26(31)29(25(23)30)15-18-6-4-5-7-21(18)32-2/h4-14,28H,15H2,1-3H3. The molecule has 168 valence electrons. The molecule has 1 heterocycles. The Morgan fingerprint density at radius 3 is 2.24 bits per heavy atom. The molecule has 3 aromatic rings. The highest BCUT2D eigenvalue weighted by atomic mass is 35.5. The molecule has 0 bridgehead atoms. The molecule has 1 aliphatic heterocycles. The summed E-state index contributed by atoms with van der Waals surface area (Å²) >= 11 is 6.26. The number of para-hydroxylation sites is 1. The monoisotopic (exact) mass is 462 g/mol. The van der Waals surface area contributed by atoms with E-state index < -0.39 is 5.91 Å². The zero-order valence-corrected chi connectivity index (χ0v) is 19.3. The van der Waals surface area contributed by atoms with Crippen molar-refractivity contribution in [1.82, 2.24) is 4.90 Å². The van der Waals surface area contributed by atoms with Crippen LogP contribution < -0.4 is 14.8 Å². The van der Waals surface area contributed by atoms with Crippen LogP contribution in [0.25, 0.3) is 5.57 Å². The molecule has 1 N–H and O–H groups in total.